The summed E-state index contributed by atoms with van der Waals surface area (Å²) in [7, 11) is 0. The van der Waals surface area contributed by atoms with Crippen LogP contribution in [-0.2, 0) is 0 Å². The van der Waals surface area contributed by atoms with Crippen molar-refractivity contribution in [3.63, 3.8) is 0 Å². The molecule has 0 fully saturated rings. The SMILES string of the molecule is CC(Cl)(Cl)Cl.ClC=C(Cl)Cl.ClC=C(Cl)Cl. The van der Waals surface area contributed by atoms with Crippen LogP contribution >= 0.6 is 104 Å². The topological polar surface area (TPSA) is 0 Å². The normalized spacial score (nSPS) is 8.67. The fraction of sp³-hybridized carbons (Fsp3) is 0.333. The third kappa shape index (κ3) is 86.1. The highest BCUT2D eigenvalue weighted by Gasteiger charge is 2.07. The van der Waals surface area contributed by atoms with Crippen molar-refractivity contribution < 1.29 is 0 Å². The lowest BCUT2D eigenvalue weighted by atomic mass is 10.9. The lowest BCUT2D eigenvalue weighted by molar-refractivity contribution is 1.27. The van der Waals surface area contributed by atoms with Gasteiger partial charge >= 0.3 is 0 Å². The lowest BCUT2D eigenvalue weighted by Crippen LogP contribution is -1.87. The number of rotatable bonds is 0. The maximum atomic E-state index is 5.06. The van der Waals surface area contributed by atoms with E-state index in [4.69, 9.17) is 104 Å². The number of alkyl halides is 3. The Hall–Kier alpha value is 2.09. The highest BCUT2D eigenvalue weighted by molar-refractivity contribution is 6.67. The molecule has 0 aromatic rings. The largest absolute Gasteiger partial charge is 0.187 e. The summed E-state index contributed by atoms with van der Waals surface area (Å²) in [4.78, 5) is 0. The van der Waals surface area contributed by atoms with E-state index in [0.29, 0.717) is 0 Å². The summed E-state index contributed by atoms with van der Waals surface area (Å²) >= 11 is 44.8. The molecule has 0 saturated carbocycles. The van der Waals surface area contributed by atoms with Crippen molar-refractivity contribution in [2.24, 2.45) is 0 Å². The zero-order valence-electron chi connectivity index (χ0n) is 7.06. The molecule has 0 aliphatic rings. The van der Waals surface area contributed by atoms with Crippen molar-refractivity contribution in [3.8, 4) is 0 Å². The van der Waals surface area contributed by atoms with Gasteiger partial charge in [0.15, 0.2) is 3.79 Å². The Bertz CT molecular complexity index is 159. The van der Waals surface area contributed by atoms with Crippen LogP contribution in [0.25, 0.3) is 0 Å². The van der Waals surface area contributed by atoms with Crippen LogP contribution in [0.4, 0.5) is 0 Å². The van der Waals surface area contributed by atoms with Gasteiger partial charge in [-0.05, 0) is 6.92 Å². The molecule has 0 amide bonds. The predicted octanol–water partition coefficient (Wildman–Crippen LogP) is 7.38. The van der Waals surface area contributed by atoms with E-state index in [1.54, 1.807) is 0 Å². The first-order chi connectivity index (χ1) is 6.54. The van der Waals surface area contributed by atoms with Crippen molar-refractivity contribution in [1.29, 1.82) is 0 Å². The van der Waals surface area contributed by atoms with Crippen LogP contribution < -0.4 is 0 Å². The number of hydrogen-bond donors (Lipinski definition) is 0. The zero-order valence-corrected chi connectivity index (χ0v) is 13.9. The number of halogens is 9. The van der Waals surface area contributed by atoms with Gasteiger partial charge in [-0.25, -0.2) is 0 Å². The first-order valence-corrected chi connectivity index (χ1v) is 6.36. The Labute approximate surface area is 134 Å². The highest BCUT2D eigenvalue weighted by Crippen LogP contribution is 2.23. The van der Waals surface area contributed by atoms with Crippen molar-refractivity contribution in [2.45, 2.75) is 10.7 Å². The molecule has 0 aromatic carbocycles. The van der Waals surface area contributed by atoms with Gasteiger partial charge in [-0.1, -0.05) is 104 Å². The minimum absolute atomic E-state index is 0.0895. The summed E-state index contributed by atoms with van der Waals surface area (Å²) in [5, 5.41) is 0. The Kier molecular flexibility index (Phi) is 21.0. The van der Waals surface area contributed by atoms with Crippen LogP contribution in [0.5, 0.6) is 0 Å². The van der Waals surface area contributed by atoms with Crippen LogP contribution in [0, 0.1) is 0 Å². The van der Waals surface area contributed by atoms with E-state index < -0.39 is 3.79 Å². The van der Waals surface area contributed by atoms with Gasteiger partial charge in [0, 0.05) is 11.1 Å². The molecule has 0 atom stereocenters. The van der Waals surface area contributed by atoms with Gasteiger partial charge in [-0.15, -0.1) is 0 Å². The summed E-state index contributed by atoms with van der Waals surface area (Å²) < 4.78 is -0.904. The molecule has 0 N–H and O–H groups in total. The Balaban J connectivity index is -0.000000144. The minimum Gasteiger partial charge on any atom is -0.0904 e. The predicted molar refractivity (Wildman–Crippen MR) is 77.2 cm³/mol. The third-order valence-electron chi connectivity index (χ3n) is 0.165. The molecule has 0 spiro atoms. The summed E-state index contributed by atoms with van der Waals surface area (Å²) in [5.74, 6) is 0. The van der Waals surface area contributed by atoms with Crippen molar-refractivity contribution in [3.05, 3.63) is 20.1 Å². The Morgan fingerprint density at radius 3 is 0.867 bits per heavy atom. The minimum atomic E-state index is -1.08. The van der Waals surface area contributed by atoms with Gasteiger partial charge in [-0.3, -0.25) is 0 Å². The standard InChI is InChI=1S/C2H3Cl3.2C2HCl3/c1-2(3,4)5;2*3-1-2(4)5/h1H3;2*1H. The third-order valence-corrected chi connectivity index (χ3v) is 1.48. The molecule has 0 unspecified atom stereocenters. The van der Waals surface area contributed by atoms with Gasteiger partial charge in [-0.2, -0.15) is 0 Å². The van der Waals surface area contributed by atoms with Gasteiger partial charge in [0.05, 0.1) is 0 Å². The van der Waals surface area contributed by atoms with Crippen LogP contribution in [0.3, 0.4) is 0 Å². The molecular weight excluding hydrogens is 391 g/mol. The van der Waals surface area contributed by atoms with E-state index in [0.717, 1.165) is 11.1 Å². The van der Waals surface area contributed by atoms with Crippen molar-refractivity contribution in [2.75, 3.05) is 0 Å². The second-order valence-corrected chi connectivity index (χ2v) is 6.88. The molecule has 0 rings (SSSR count). The second kappa shape index (κ2) is 14.2. The van der Waals surface area contributed by atoms with E-state index in [1.807, 2.05) is 0 Å². The van der Waals surface area contributed by atoms with Gasteiger partial charge < -0.3 is 0 Å². The average Bonchev–Trinajstić information content (AvgIpc) is 2.02. The molecule has 0 aliphatic heterocycles. The Morgan fingerprint density at radius 2 is 0.867 bits per heavy atom. The molecule has 0 aromatic heterocycles. The van der Waals surface area contributed by atoms with Gasteiger partial charge in [0.25, 0.3) is 0 Å². The van der Waals surface area contributed by atoms with Crippen LogP contribution in [0.2, 0.25) is 0 Å². The molecule has 0 saturated heterocycles. The average molecular weight is 396 g/mol. The summed E-state index contributed by atoms with van der Waals surface area (Å²) in [6.07, 6.45) is 0. The first-order valence-electron chi connectivity index (χ1n) is 2.84. The maximum absolute atomic E-state index is 5.06. The van der Waals surface area contributed by atoms with Crippen molar-refractivity contribution in [1.82, 2.24) is 0 Å². The number of hydrogen-bond acceptors (Lipinski definition) is 0. The van der Waals surface area contributed by atoms with E-state index in [1.165, 1.54) is 6.92 Å². The van der Waals surface area contributed by atoms with Crippen molar-refractivity contribution >= 4 is 104 Å². The zero-order chi connectivity index (χ0) is 13.1. The molecule has 15 heavy (non-hydrogen) atoms. The smallest absolute Gasteiger partial charge is 0.0904 e. The first kappa shape index (κ1) is 22.3. The van der Waals surface area contributed by atoms with Crippen LogP contribution in [-0.4, -0.2) is 3.79 Å². The molecule has 9 heteroatoms. The van der Waals surface area contributed by atoms with E-state index in [9.17, 15) is 0 Å². The quantitative estimate of drug-likeness (QED) is 0.375. The van der Waals surface area contributed by atoms with Crippen LogP contribution in [0.1, 0.15) is 6.92 Å². The van der Waals surface area contributed by atoms with Gasteiger partial charge in [0.1, 0.15) is 8.98 Å². The fourth-order valence-electron chi connectivity index (χ4n) is 0. The lowest BCUT2D eigenvalue weighted by Gasteiger charge is -1.94. The summed E-state index contributed by atoms with van der Waals surface area (Å²) in [6.45, 7) is 1.48. The summed E-state index contributed by atoms with van der Waals surface area (Å²) in [6, 6.07) is 0. The monoisotopic (exact) mass is 392 g/mol. The maximum Gasteiger partial charge on any atom is 0.187 e. The fourth-order valence-corrected chi connectivity index (χ4v) is 0. The van der Waals surface area contributed by atoms with E-state index in [-0.39, 0.29) is 8.98 Å². The summed E-state index contributed by atoms with van der Waals surface area (Å²) in [5.41, 5.74) is 2.17. The second-order valence-electron chi connectivity index (χ2n) is 1.58. The molecule has 0 bridgehead atoms. The Morgan fingerprint density at radius 1 is 0.800 bits per heavy atom. The highest BCUT2D eigenvalue weighted by atomic mass is 35.6. The van der Waals surface area contributed by atoms with E-state index >= 15 is 0 Å². The molecule has 0 heterocycles. The molecule has 92 valence electrons. The molecular formula is C6H5Cl9. The van der Waals surface area contributed by atoms with Gasteiger partial charge in [0.2, 0.25) is 0 Å². The van der Waals surface area contributed by atoms with E-state index in [2.05, 4.69) is 0 Å². The molecule has 0 nitrogen and oxygen atoms in total. The molecule has 0 aliphatic carbocycles. The molecule has 0 radical (unpaired) electrons. The van der Waals surface area contributed by atoms with Crippen LogP contribution in [0.15, 0.2) is 20.1 Å².